The molecule has 0 radical (unpaired) electrons. The summed E-state index contributed by atoms with van der Waals surface area (Å²) in [5, 5.41) is 3.12. The van der Waals surface area contributed by atoms with Gasteiger partial charge in [-0.25, -0.2) is 0 Å². The maximum Gasteiger partial charge on any atom is 0.316 e. The van der Waals surface area contributed by atoms with E-state index in [9.17, 15) is 9.59 Å². The van der Waals surface area contributed by atoms with E-state index in [2.05, 4.69) is 5.32 Å². The van der Waals surface area contributed by atoms with E-state index >= 15 is 0 Å². The van der Waals surface area contributed by atoms with Crippen LogP contribution in [0.2, 0.25) is 0 Å². The maximum atomic E-state index is 13.0. The zero-order valence-corrected chi connectivity index (χ0v) is 16.5. The molecule has 3 rings (SSSR count). The van der Waals surface area contributed by atoms with Crippen LogP contribution < -0.4 is 14.8 Å². The molecular formula is C21H21NO5S. The van der Waals surface area contributed by atoms with E-state index in [1.165, 1.54) is 11.8 Å². The Bertz CT molecular complexity index is 879. The van der Waals surface area contributed by atoms with Crippen LogP contribution in [0.4, 0.5) is 5.69 Å². The number of carbonyl (C=O) groups excluding carboxylic acids is 2. The second-order valence-corrected chi connectivity index (χ2v) is 6.91. The van der Waals surface area contributed by atoms with Crippen LogP contribution in [0.5, 0.6) is 11.5 Å². The zero-order chi connectivity index (χ0) is 19.9. The molecule has 28 heavy (non-hydrogen) atoms. The number of rotatable bonds is 7. The first-order valence-corrected chi connectivity index (χ1v) is 9.85. The molecule has 1 N–H and O–H groups in total. The number of methoxy groups -OCH3 is 1. The fourth-order valence-electron chi connectivity index (χ4n) is 2.65. The summed E-state index contributed by atoms with van der Waals surface area (Å²) < 4.78 is 16.1. The third-order valence-electron chi connectivity index (χ3n) is 4.02. The lowest BCUT2D eigenvalue weighted by molar-refractivity contribution is -0.139. The molecule has 1 aliphatic heterocycles. The minimum atomic E-state index is -0.613. The molecular weight excluding hydrogens is 378 g/mol. The zero-order valence-electron chi connectivity index (χ0n) is 15.6. The van der Waals surface area contributed by atoms with Gasteiger partial charge in [0.1, 0.15) is 11.5 Å². The Hall–Kier alpha value is -2.93. The molecule has 6 nitrogen and oxygen atoms in total. The van der Waals surface area contributed by atoms with Crippen LogP contribution in [0.15, 0.2) is 60.3 Å². The summed E-state index contributed by atoms with van der Waals surface area (Å²) in [5.74, 6) is 0.866. The molecule has 0 aliphatic carbocycles. The van der Waals surface area contributed by atoms with Gasteiger partial charge in [0.15, 0.2) is 11.2 Å². The molecule has 0 amide bonds. The summed E-state index contributed by atoms with van der Waals surface area (Å²) in [6, 6.07) is 14.4. The number of hydrogen-bond acceptors (Lipinski definition) is 7. The van der Waals surface area contributed by atoms with E-state index in [4.69, 9.17) is 14.2 Å². The van der Waals surface area contributed by atoms with Gasteiger partial charge in [-0.3, -0.25) is 9.59 Å². The molecule has 0 bridgehead atoms. The fraction of sp³-hybridized carbons (Fsp3) is 0.238. The van der Waals surface area contributed by atoms with E-state index < -0.39 is 5.44 Å². The first-order valence-electron chi connectivity index (χ1n) is 8.80. The van der Waals surface area contributed by atoms with Crippen molar-refractivity contribution in [3.8, 4) is 11.5 Å². The molecule has 7 heteroatoms. The van der Waals surface area contributed by atoms with Gasteiger partial charge in [-0.05, 0) is 43.3 Å². The first-order chi connectivity index (χ1) is 13.6. The number of thioether (sulfide) groups is 1. The predicted molar refractivity (Wildman–Crippen MR) is 109 cm³/mol. The lowest BCUT2D eigenvalue weighted by Gasteiger charge is -2.27. The number of benzene rings is 2. The monoisotopic (exact) mass is 399 g/mol. The highest BCUT2D eigenvalue weighted by Crippen LogP contribution is 2.35. The first kappa shape index (κ1) is 19.8. The Balaban J connectivity index is 1.82. The van der Waals surface area contributed by atoms with Crippen molar-refractivity contribution in [2.75, 3.05) is 24.8 Å². The Morgan fingerprint density at radius 3 is 2.68 bits per heavy atom. The summed E-state index contributed by atoms with van der Waals surface area (Å²) in [4.78, 5) is 24.7. The third-order valence-corrected chi connectivity index (χ3v) is 5.08. The number of hydrogen-bond donors (Lipinski definition) is 1. The van der Waals surface area contributed by atoms with Gasteiger partial charge in [0, 0.05) is 11.9 Å². The average molecular weight is 399 g/mol. The minimum Gasteiger partial charge on any atom is -0.497 e. The Labute approximate surface area is 167 Å². The number of ether oxygens (including phenoxy) is 3. The van der Waals surface area contributed by atoms with E-state index in [1.807, 2.05) is 30.3 Å². The molecule has 146 valence electrons. The molecule has 0 aromatic heterocycles. The average Bonchev–Trinajstić information content (AvgIpc) is 2.72. The predicted octanol–water partition coefficient (Wildman–Crippen LogP) is 3.89. The Morgan fingerprint density at radius 2 is 1.96 bits per heavy atom. The van der Waals surface area contributed by atoms with Crippen molar-refractivity contribution >= 4 is 29.2 Å². The van der Waals surface area contributed by atoms with Crippen molar-refractivity contribution in [1.82, 2.24) is 0 Å². The second kappa shape index (κ2) is 9.32. The van der Waals surface area contributed by atoms with Gasteiger partial charge < -0.3 is 19.5 Å². The molecule has 1 aliphatic rings. The molecule has 0 saturated heterocycles. The molecule has 1 heterocycles. The Morgan fingerprint density at radius 1 is 1.21 bits per heavy atom. The molecule has 1 atom stereocenters. The van der Waals surface area contributed by atoms with Crippen LogP contribution >= 0.6 is 11.8 Å². The Kier molecular flexibility index (Phi) is 6.60. The normalized spacial score (nSPS) is 16.9. The third kappa shape index (κ3) is 4.67. The van der Waals surface area contributed by atoms with Crippen LogP contribution in [0.3, 0.4) is 0 Å². The molecule has 0 fully saturated rings. The SMILES string of the molecule is CCOC(=O)CSC1Oc2ccccc2C(=O)/C1=C/Nc1ccc(OC)cc1. The largest absolute Gasteiger partial charge is 0.497 e. The highest BCUT2D eigenvalue weighted by Gasteiger charge is 2.32. The lowest BCUT2D eigenvalue weighted by atomic mass is 10.0. The number of fused-ring (bicyclic) bond motifs is 1. The molecule has 2 aromatic carbocycles. The maximum absolute atomic E-state index is 13.0. The van der Waals surface area contributed by atoms with Gasteiger partial charge in [0.25, 0.3) is 0 Å². The van der Waals surface area contributed by atoms with Crippen molar-refractivity contribution in [2.24, 2.45) is 0 Å². The fourth-order valence-corrected chi connectivity index (χ4v) is 3.55. The van der Waals surface area contributed by atoms with Gasteiger partial charge in [-0.1, -0.05) is 12.1 Å². The topological polar surface area (TPSA) is 73.9 Å². The quantitative estimate of drug-likeness (QED) is 0.559. The van der Waals surface area contributed by atoms with Crippen LogP contribution in [-0.4, -0.2) is 36.7 Å². The van der Waals surface area contributed by atoms with E-state index in [1.54, 1.807) is 38.4 Å². The van der Waals surface area contributed by atoms with E-state index in [-0.39, 0.29) is 17.5 Å². The standard InChI is InChI=1S/C21H21NO5S/c1-3-26-19(23)13-28-21-17(12-22-14-8-10-15(25-2)11-9-14)20(24)16-6-4-5-7-18(16)27-21/h4-12,21-22H,3,13H2,1-2H3/b17-12-. The molecule has 0 spiro atoms. The van der Waals surface area contributed by atoms with Crippen molar-refractivity contribution in [3.05, 3.63) is 65.9 Å². The van der Waals surface area contributed by atoms with Gasteiger partial charge >= 0.3 is 5.97 Å². The number of anilines is 1. The second-order valence-electron chi connectivity index (χ2n) is 5.86. The highest BCUT2D eigenvalue weighted by molar-refractivity contribution is 8.00. The van der Waals surface area contributed by atoms with Gasteiger partial charge in [-0.15, -0.1) is 11.8 Å². The van der Waals surface area contributed by atoms with Crippen molar-refractivity contribution in [3.63, 3.8) is 0 Å². The van der Waals surface area contributed by atoms with E-state index in [0.29, 0.717) is 23.5 Å². The molecule has 0 saturated carbocycles. The summed E-state index contributed by atoms with van der Waals surface area (Å²) in [6.45, 7) is 2.07. The van der Waals surface area contributed by atoms with Gasteiger partial charge in [0.2, 0.25) is 0 Å². The minimum absolute atomic E-state index is 0.0911. The number of nitrogens with one attached hydrogen (secondary N) is 1. The smallest absolute Gasteiger partial charge is 0.316 e. The highest BCUT2D eigenvalue weighted by atomic mass is 32.2. The van der Waals surface area contributed by atoms with Gasteiger partial charge in [-0.2, -0.15) is 0 Å². The summed E-state index contributed by atoms with van der Waals surface area (Å²) >= 11 is 1.22. The molecule has 1 unspecified atom stereocenters. The number of Topliss-reactive ketones (excluding diaryl/α,β-unsaturated/α-hetero) is 1. The van der Waals surface area contributed by atoms with Crippen LogP contribution in [0.25, 0.3) is 0 Å². The van der Waals surface area contributed by atoms with Crippen LogP contribution in [-0.2, 0) is 9.53 Å². The van der Waals surface area contributed by atoms with Crippen molar-refractivity contribution in [2.45, 2.75) is 12.4 Å². The number of carbonyl (C=O) groups is 2. The number of ketones is 1. The lowest BCUT2D eigenvalue weighted by Crippen LogP contribution is -2.29. The summed E-state index contributed by atoms with van der Waals surface area (Å²) in [6.07, 6.45) is 1.63. The van der Waals surface area contributed by atoms with E-state index in [0.717, 1.165) is 11.4 Å². The van der Waals surface area contributed by atoms with Crippen molar-refractivity contribution < 1.29 is 23.8 Å². The van der Waals surface area contributed by atoms with Gasteiger partial charge in [0.05, 0.1) is 30.6 Å². The number of para-hydroxylation sites is 1. The number of esters is 1. The summed E-state index contributed by atoms with van der Waals surface area (Å²) in [5.41, 5.74) is 1.12. The summed E-state index contributed by atoms with van der Waals surface area (Å²) in [7, 11) is 1.60. The molecule has 2 aromatic rings. The van der Waals surface area contributed by atoms with Crippen LogP contribution in [0, 0.1) is 0 Å². The van der Waals surface area contributed by atoms with Crippen molar-refractivity contribution in [1.29, 1.82) is 0 Å². The van der Waals surface area contributed by atoms with Crippen LogP contribution in [0.1, 0.15) is 17.3 Å².